The van der Waals surface area contributed by atoms with Crippen LogP contribution >= 0.6 is 0 Å². The summed E-state index contributed by atoms with van der Waals surface area (Å²) in [4.78, 5) is 49.6. The topological polar surface area (TPSA) is 122 Å². The molecular formula is C17H25F5N4O4. The Bertz CT molecular complexity index is 682. The molecule has 3 amide bonds. The van der Waals surface area contributed by atoms with Crippen LogP contribution in [0.1, 0.15) is 33.6 Å². The predicted octanol–water partition coefficient (Wildman–Crippen LogP) is 0.348. The monoisotopic (exact) mass is 444 g/mol. The van der Waals surface area contributed by atoms with Crippen LogP contribution in [-0.2, 0) is 19.2 Å². The summed E-state index contributed by atoms with van der Waals surface area (Å²) in [5, 5.41) is 3.08. The Kier molecular flexibility index (Phi) is 8.29. The van der Waals surface area contributed by atoms with Gasteiger partial charge in [-0.2, -0.15) is 22.0 Å². The lowest BCUT2D eigenvalue weighted by Crippen LogP contribution is -2.59. The van der Waals surface area contributed by atoms with Gasteiger partial charge in [0.1, 0.15) is 12.6 Å². The zero-order chi connectivity index (χ0) is 23.4. The Balaban J connectivity index is 2.95. The van der Waals surface area contributed by atoms with Crippen LogP contribution in [-0.4, -0.2) is 71.7 Å². The minimum absolute atomic E-state index is 0.214. The molecule has 30 heavy (non-hydrogen) atoms. The Morgan fingerprint density at radius 1 is 1.10 bits per heavy atom. The van der Waals surface area contributed by atoms with Crippen LogP contribution in [0, 0.1) is 5.92 Å². The average Bonchev–Trinajstić information content (AvgIpc) is 3.11. The Labute approximate surface area is 169 Å². The van der Waals surface area contributed by atoms with Crippen LogP contribution in [0.25, 0.3) is 0 Å². The van der Waals surface area contributed by atoms with E-state index in [0.29, 0.717) is 6.42 Å². The maximum Gasteiger partial charge on any atom is 0.405 e. The van der Waals surface area contributed by atoms with Crippen molar-refractivity contribution < 1.29 is 41.1 Å². The van der Waals surface area contributed by atoms with Gasteiger partial charge in [0, 0.05) is 6.54 Å². The van der Waals surface area contributed by atoms with E-state index in [0.717, 1.165) is 5.32 Å². The SMILES string of the molecule is CC(C)C(NC(=O)C1CCCN1C(=O)[C@H](C)N)C(=O)C(F)(F)C(=O)NCC(F)(F)F. The molecule has 172 valence electrons. The molecule has 0 spiro atoms. The number of halogens is 5. The first-order valence-corrected chi connectivity index (χ1v) is 9.23. The number of Topliss-reactive ketones (excluding diaryl/α,β-unsaturated/α-hetero) is 1. The molecule has 1 aliphatic heterocycles. The smallest absolute Gasteiger partial charge is 0.344 e. The van der Waals surface area contributed by atoms with Crippen molar-refractivity contribution in [3.8, 4) is 0 Å². The normalized spacial score (nSPS) is 19.4. The third kappa shape index (κ3) is 6.34. The van der Waals surface area contributed by atoms with Crippen LogP contribution in [0.3, 0.4) is 0 Å². The molecule has 4 N–H and O–H groups in total. The number of ketones is 1. The molecule has 1 saturated heterocycles. The molecule has 0 aromatic heterocycles. The molecule has 0 bridgehead atoms. The quantitative estimate of drug-likeness (QED) is 0.369. The van der Waals surface area contributed by atoms with Crippen LogP contribution in [0.15, 0.2) is 0 Å². The minimum atomic E-state index is -4.95. The van der Waals surface area contributed by atoms with Crippen molar-refractivity contribution in [3.63, 3.8) is 0 Å². The molecule has 13 heteroatoms. The van der Waals surface area contributed by atoms with E-state index in [1.165, 1.54) is 25.7 Å². The Hall–Kier alpha value is -2.31. The maximum atomic E-state index is 14.2. The van der Waals surface area contributed by atoms with Gasteiger partial charge in [-0.25, -0.2) is 0 Å². The summed E-state index contributed by atoms with van der Waals surface area (Å²) in [6, 6.07) is -3.80. The highest BCUT2D eigenvalue weighted by Gasteiger charge is 2.52. The number of likely N-dealkylation sites (tertiary alicyclic amines) is 1. The molecule has 0 aliphatic carbocycles. The largest absolute Gasteiger partial charge is 0.405 e. The second kappa shape index (κ2) is 9.67. The van der Waals surface area contributed by atoms with Gasteiger partial charge in [0.15, 0.2) is 0 Å². The number of hydrogen-bond acceptors (Lipinski definition) is 5. The molecule has 1 rings (SSSR count). The Morgan fingerprint density at radius 3 is 2.13 bits per heavy atom. The van der Waals surface area contributed by atoms with Gasteiger partial charge in [-0.05, 0) is 25.7 Å². The molecule has 1 fully saturated rings. The fourth-order valence-corrected chi connectivity index (χ4v) is 2.95. The van der Waals surface area contributed by atoms with Crippen LogP contribution in [0.4, 0.5) is 22.0 Å². The summed E-state index contributed by atoms with van der Waals surface area (Å²) in [5.41, 5.74) is 5.52. The second-order valence-corrected chi connectivity index (χ2v) is 7.45. The highest BCUT2D eigenvalue weighted by molar-refractivity contribution is 6.10. The van der Waals surface area contributed by atoms with Crippen LogP contribution < -0.4 is 16.4 Å². The lowest BCUT2D eigenvalue weighted by atomic mass is 9.94. The molecule has 1 aliphatic rings. The standard InChI is InChI=1S/C17H25F5N4O4/c1-8(2)11(12(27)17(21,22)15(30)24-7-16(18,19)20)25-13(28)10-5-4-6-26(10)14(29)9(3)23/h8-11H,4-7,23H2,1-3H3,(H,24,30)(H,25,28)/t9-,10?,11?/m0/s1. The number of hydrogen-bond donors (Lipinski definition) is 3. The second-order valence-electron chi connectivity index (χ2n) is 7.45. The minimum Gasteiger partial charge on any atom is -0.344 e. The highest BCUT2D eigenvalue weighted by atomic mass is 19.4. The van der Waals surface area contributed by atoms with Crippen molar-refractivity contribution >= 4 is 23.5 Å². The zero-order valence-corrected chi connectivity index (χ0v) is 16.7. The van der Waals surface area contributed by atoms with Gasteiger partial charge in [-0.15, -0.1) is 0 Å². The summed E-state index contributed by atoms with van der Waals surface area (Å²) in [6.45, 7) is 2.22. The molecule has 2 unspecified atom stereocenters. The van der Waals surface area contributed by atoms with E-state index < -0.39 is 66.2 Å². The highest BCUT2D eigenvalue weighted by Crippen LogP contribution is 2.23. The van der Waals surface area contributed by atoms with E-state index in [-0.39, 0.29) is 13.0 Å². The van der Waals surface area contributed by atoms with E-state index in [1.807, 2.05) is 0 Å². The fraction of sp³-hybridized carbons (Fsp3) is 0.765. The van der Waals surface area contributed by atoms with Gasteiger partial charge in [-0.3, -0.25) is 19.2 Å². The van der Waals surface area contributed by atoms with E-state index >= 15 is 0 Å². The lowest BCUT2D eigenvalue weighted by Gasteiger charge is -2.29. The number of amides is 3. The van der Waals surface area contributed by atoms with Crippen LogP contribution in [0.2, 0.25) is 0 Å². The van der Waals surface area contributed by atoms with Crippen molar-refractivity contribution in [1.29, 1.82) is 0 Å². The maximum absolute atomic E-state index is 14.2. The molecule has 0 radical (unpaired) electrons. The van der Waals surface area contributed by atoms with Crippen molar-refractivity contribution in [2.45, 2.75) is 63.8 Å². The first-order chi connectivity index (χ1) is 13.6. The van der Waals surface area contributed by atoms with Crippen LogP contribution in [0.5, 0.6) is 0 Å². The molecule has 8 nitrogen and oxygen atoms in total. The summed E-state index contributed by atoms with van der Waals surface area (Å²) < 4.78 is 64.8. The van der Waals surface area contributed by atoms with Crippen molar-refractivity contribution in [1.82, 2.24) is 15.5 Å². The number of carbonyl (C=O) groups excluding carboxylic acids is 4. The van der Waals surface area contributed by atoms with Gasteiger partial charge >= 0.3 is 12.1 Å². The van der Waals surface area contributed by atoms with Gasteiger partial charge in [0.05, 0.1) is 12.1 Å². The van der Waals surface area contributed by atoms with Gasteiger partial charge in [-0.1, -0.05) is 13.8 Å². The van der Waals surface area contributed by atoms with E-state index in [9.17, 15) is 41.1 Å². The van der Waals surface area contributed by atoms with Gasteiger partial charge < -0.3 is 21.3 Å². The van der Waals surface area contributed by atoms with Crippen molar-refractivity contribution in [3.05, 3.63) is 0 Å². The lowest BCUT2D eigenvalue weighted by molar-refractivity contribution is -0.165. The van der Waals surface area contributed by atoms with Crippen molar-refractivity contribution in [2.75, 3.05) is 13.1 Å². The number of carbonyl (C=O) groups is 4. The third-order valence-electron chi connectivity index (χ3n) is 4.52. The number of nitrogens with one attached hydrogen (secondary N) is 2. The molecule has 3 atom stereocenters. The molecular weight excluding hydrogens is 419 g/mol. The van der Waals surface area contributed by atoms with E-state index in [2.05, 4.69) is 5.32 Å². The van der Waals surface area contributed by atoms with E-state index in [4.69, 9.17) is 5.73 Å². The number of rotatable bonds is 8. The molecule has 1 heterocycles. The third-order valence-corrected chi connectivity index (χ3v) is 4.52. The van der Waals surface area contributed by atoms with E-state index in [1.54, 1.807) is 0 Å². The molecule has 0 saturated carbocycles. The zero-order valence-electron chi connectivity index (χ0n) is 16.7. The Morgan fingerprint density at radius 2 is 1.67 bits per heavy atom. The summed E-state index contributed by atoms with van der Waals surface area (Å²) in [6.07, 6.45) is -4.28. The fourth-order valence-electron chi connectivity index (χ4n) is 2.95. The molecule has 0 aromatic carbocycles. The van der Waals surface area contributed by atoms with Gasteiger partial charge in [0.2, 0.25) is 17.6 Å². The predicted molar refractivity (Wildman–Crippen MR) is 94.2 cm³/mol. The summed E-state index contributed by atoms with van der Waals surface area (Å²) in [5.74, 6) is -11.6. The number of nitrogens with two attached hydrogens (primary N) is 1. The summed E-state index contributed by atoms with van der Waals surface area (Å²) in [7, 11) is 0. The van der Waals surface area contributed by atoms with Gasteiger partial charge in [0.25, 0.3) is 5.91 Å². The first kappa shape index (κ1) is 25.7. The summed E-state index contributed by atoms with van der Waals surface area (Å²) >= 11 is 0. The number of nitrogens with zero attached hydrogens (tertiary/aromatic N) is 1. The molecule has 0 aromatic rings. The number of alkyl halides is 5. The average molecular weight is 444 g/mol. The first-order valence-electron chi connectivity index (χ1n) is 9.23. The van der Waals surface area contributed by atoms with Crippen molar-refractivity contribution in [2.24, 2.45) is 11.7 Å².